The summed E-state index contributed by atoms with van der Waals surface area (Å²) >= 11 is 0. The minimum Gasteiger partial charge on any atom is -0.337 e. The summed E-state index contributed by atoms with van der Waals surface area (Å²) in [7, 11) is 0. The van der Waals surface area contributed by atoms with E-state index in [1.807, 2.05) is 23.1 Å². The molecule has 1 saturated heterocycles. The smallest absolute Gasteiger partial charge is 0.272 e. The number of carbonyl (C=O) groups excluding carboxylic acids is 1. The molecule has 0 unspecified atom stereocenters. The zero-order valence-electron chi connectivity index (χ0n) is 14.4. The molecule has 0 atom stereocenters. The second-order valence-electron chi connectivity index (χ2n) is 6.48. The van der Waals surface area contributed by atoms with Crippen molar-refractivity contribution in [3.8, 4) is 0 Å². The highest BCUT2D eigenvalue weighted by atomic mass is 16.2. The lowest BCUT2D eigenvalue weighted by atomic mass is 10.0. The van der Waals surface area contributed by atoms with Crippen LogP contribution in [0.1, 0.15) is 42.1 Å². The van der Waals surface area contributed by atoms with E-state index in [9.17, 15) is 4.79 Å². The van der Waals surface area contributed by atoms with Crippen LogP contribution in [0.15, 0.2) is 48.7 Å². The first-order chi connectivity index (χ1) is 12.3. The minimum absolute atomic E-state index is 0.0326. The van der Waals surface area contributed by atoms with E-state index in [0.29, 0.717) is 11.7 Å². The van der Waals surface area contributed by atoms with Gasteiger partial charge in [-0.1, -0.05) is 25.1 Å². The van der Waals surface area contributed by atoms with E-state index in [4.69, 9.17) is 4.98 Å². The number of carbonyl (C=O) groups is 1. The molecular weight excluding hydrogens is 312 g/mol. The Kier molecular flexibility index (Phi) is 4.22. The summed E-state index contributed by atoms with van der Waals surface area (Å²) < 4.78 is 2.39. The average Bonchev–Trinajstić information content (AvgIpc) is 3.07. The van der Waals surface area contributed by atoms with E-state index >= 15 is 0 Å². The first kappa shape index (κ1) is 15.8. The van der Waals surface area contributed by atoms with Crippen LogP contribution in [0, 0.1) is 0 Å². The molecular formula is C20H22N4O. The maximum absolute atomic E-state index is 12.6. The minimum atomic E-state index is 0.0326. The molecule has 2 aromatic heterocycles. The zero-order valence-corrected chi connectivity index (χ0v) is 14.4. The first-order valence-corrected chi connectivity index (χ1v) is 8.94. The molecule has 1 fully saturated rings. The molecule has 1 aromatic carbocycles. The van der Waals surface area contributed by atoms with Gasteiger partial charge < -0.3 is 9.47 Å². The Hall–Kier alpha value is -2.69. The van der Waals surface area contributed by atoms with Crippen molar-refractivity contribution >= 4 is 16.9 Å². The summed E-state index contributed by atoms with van der Waals surface area (Å²) in [6.45, 7) is 3.67. The number of pyridine rings is 1. The van der Waals surface area contributed by atoms with Crippen LogP contribution in [0.5, 0.6) is 0 Å². The predicted octanol–water partition coefficient (Wildman–Crippen LogP) is 3.47. The molecule has 1 aliphatic heterocycles. The number of fused-ring (bicyclic) bond motifs is 1. The molecule has 5 heteroatoms. The third-order valence-electron chi connectivity index (χ3n) is 4.99. The standard InChI is InChI=1S/C20H22N4O/c1-2-19-22-16-7-3-4-9-18(16)24(19)15-10-13-23(14-11-15)20(25)17-8-5-6-12-21-17/h3-9,12,15H,2,10-11,13-14H2,1H3. The van der Waals surface area contributed by atoms with Gasteiger partial charge >= 0.3 is 0 Å². The Balaban J connectivity index is 1.54. The van der Waals surface area contributed by atoms with E-state index in [1.54, 1.807) is 12.3 Å². The fourth-order valence-electron chi connectivity index (χ4n) is 3.73. The third kappa shape index (κ3) is 2.90. The lowest BCUT2D eigenvalue weighted by Gasteiger charge is -2.33. The van der Waals surface area contributed by atoms with Crippen molar-refractivity contribution < 1.29 is 4.79 Å². The molecule has 1 amide bonds. The number of amides is 1. The topological polar surface area (TPSA) is 51.0 Å². The average molecular weight is 334 g/mol. The molecule has 3 heterocycles. The van der Waals surface area contributed by atoms with E-state index in [1.165, 1.54) is 5.52 Å². The van der Waals surface area contributed by atoms with Gasteiger partial charge in [0.1, 0.15) is 11.5 Å². The van der Waals surface area contributed by atoms with Crippen LogP contribution in [0.25, 0.3) is 11.0 Å². The number of aromatic nitrogens is 3. The second kappa shape index (κ2) is 6.67. The zero-order chi connectivity index (χ0) is 17.2. The van der Waals surface area contributed by atoms with Crippen molar-refractivity contribution in [1.29, 1.82) is 0 Å². The van der Waals surface area contributed by atoms with E-state index in [-0.39, 0.29) is 5.91 Å². The monoisotopic (exact) mass is 334 g/mol. The van der Waals surface area contributed by atoms with Gasteiger partial charge in [0.25, 0.3) is 5.91 Å². The summed E-state index contributed by atoms with van der Waals surface area (Å²) in [4.78, 5) is 23.5. The highest BCUT2D eigenvalue weighted by Gasteiger charge is 2.27. The maximum Gasteiger partial charge on any atom is 0.272 e. The van der Waals surface area contributed by atoms with Crippen molar-refractivity contribution in [2.75, 3.05) is 13.1 Å². The number of imidazole rings is 1. The van der Waals surface area contributed by atoms with Crippen molar-refractivity contribution in [2.24, 2.45) is 0 Å². The summed E-state index contributed by atoms with van der Waals surface area (Å²) in [5.74, 6) is 1.17. The molecule has 0 spiro atoms. The lowest BCUT2D eigenvalue weighted by Crippen LogP contribution is -2.39. The summed E-state index contributed by atoms with van der Waals surface area (Å²) in [6, 6.07) is 14.2. The van der Waals surface area contributed by atoms with Gasteiger partial charge in [-0.25, -0.2) is 4.98 Å². The van der Waals surface area contributed by atoms with E-state index in [0.717, 1.165) is 43.7 Å². The number of benzene rings is 1. The number of para-hydroxylation sites is 2. The summed E-state index contributed by atoms with van der Waals surface area (Å²) in [5, 5.41) is 0. The van der Waals surface area contributed by atoms with Gasteiger partial charge in [-0.2, -0.15) is 0 Å². The molecule has 0 radical (unpaired) electrons. The van der Waals surface area contributed by atoms with E-state index in [2.05, 4.69) is 34.7 Å². The highest BCUT2D eigenvalue weighted by molar-refractivity contribution is 5.92. The van der Waals surface area contributed by atoms with Gasteiger partial charge in [-0.3, -0.25) is 9.78 Å². The van der Waals surface area contributed by atoms with Crippen LogP contribution in [0.3, 0.4) is 0 Å². The Bertz CT molecular complexity index is 879. The van der Waals surface area contributed by atoms with Crippen LogP contribution < -0.4 is 0 Å². The largest absolute Gasteiger partial charge is 0.337 e. The molecule has 25 heavy (non-hydrogen) atoms. The quantitative estimate of drug-likeness (QED) is 0.737. The number of aryl methyl sites for hydroxylation is 1. The van der Waals surface area contributed by atoms with Gasteiger partial charge in [-0.15, -0.1) is 0 Å². The fraction of sp³-hybridized carbons (Fsp3) is 0.350. The summed E-state index contributed by atoms with van der Waals surface area (Å²) in [5.41, 5.74) is 2.79. The third-order valence-corrected chi connectivity index (χ3v) is 4.99. The van der Waals surface area contributed by atoms with Gasteiger partial charge in [0, 0.05) is 31.7 Å². The number of rotatable bonds is 3. The lowest BCUT2D eigenvalue weighted by molar-refractivity contribution is 0.0689. The van der Waals surface area contributed by atoms with Gasteiger partial charge in [-0.05, 0) is 37.1 Å². The normalized spacial score (nSPS) is 15.6. The molecule has 0 aliphatic carbocycles. The Morgan fingerprint density at radius 3 is 2.60 bits per heavy atom. The molecule has 128 valence electrons. The fourth-order valence-corrected chi connectivity index (χ4v) is 3.73. The summed E-state index contributed by atoms with van der Waals surface area (Å²) in [6.07, 6.45) is 4.49. The SMILES string of the molecule is CCc1nc2ccccc2n1C1CCN(C(=O)c2ccccn2)CC1. The van der Waals surface area contributed by atoms with E-state index < -0.39 is 0 Å². The Morgan fingerprint density at radius 1 is 1.12 bits per heavy atom. The Labute approximate surface area is 147 Å². The molecule has 3 aromatic rings. The van der Waals surface area contributed by atoms with Crippen molar-refractivity contribution in [3.63, 3.8) is 0 Å². The van der Waals surface area contributed by atoms with Crippen LogP contribution >= 0.6 is 0 Å². The van der Waals surface area contributed by atoms with Gasteiger partial charge in [0.15, 0.2) is 0 Å². The maximum atomic E-state index is 12.6. The Morgan fingerprint density at radius 2 is 1.88 bits per heavy atom. The number of hydrogen-bond acceptors (Lipinski definition) is 3. The molecule has 0 bridgehead atoms. The predicted molar refractivity (Wildman–Crippen MR) is 97.5 cm³/mol. The molecule has 5 nitrogen and oxygen atoms in total. The number of hydrogen-bond donors (Lipinski definition) is 0. The highest BCUT2D eigenvalue weighted by Crippen LogP contribution is 2.29. The molecule has 1 aliphatic rings. The van der Waals surface area contributed by atoms with Crippen LogP contribution in [0.2, 0.25) is 0 Å². The van der Waals surface area contributed by atoms with Gasteiger partial charge in [0.05, 0.1) is 11.0 Å². The molecule has 0 saturated carbocycles. The number of nitrogens with zero attached hydrogens (tertiary/aromatic N) is 4. The second-order valence-corrected chi connectivity index (χ2v) is 6.48. The first-order valence-electron chi connectivity index (χ1n) is 8.94. The van der Waals surface area contributed by atoms with Crippen LogP contribution in [-0.2, 0) is 6.42 Å². The van der Waals surface area contributed by atoms with Crippen LogP contribution in [-0.4, -0.2) is 38.4 Å². The van der Waals surface area contributed by atoms with Crippen molar-refractivity contribution in [2.45, 2.75) is 32.2 Å². The number of piperidine rings is 1. The van der Waals surface area contributed by atoms with Crippen molar-refractivity contribution in [1.82, 2.24) is 19.4 Å². The van der Waals surface area contributed by atoms with Gasteiger partial charge in [0.2, 0.25) is 0 Å². The molecule has 0 N–H and O–H groups in total. The molecule has 4 rings (SSSR count). The number of likely N-dealkylation sites (tertiary alicyclic amines) is 1. The van der Waals surface area contributed by atoms with Crippen LogP contribution in [0.4, 0.5) is 0 Å². The van der Waals surface area contributed by atoms with Crippen molar-refractivity contribution in [3.05, 3.63) is 60.2 Å².